The van der Waals surface area contributed by atoms with E-state index in [-0.39, 0.29) is 0 Å². The minimum Gasteiger partial charge on any atom is -0.381 e. The van der Waals surface area contributed by atoms with Gasteiger partial charge in [-0.3, -0.25) is 0 Å². The lowest BCUT2D eigenvalue weighted by atomic mass is 10.3. The smallest absolute Gasteiger partial charge is 0.0948 e. The molecule has 0 aliphatic heterocycles. The highest BCUT2D eigenvalue weighted by atomic mass is 16.5. The first kappa shape index (κ1) is 14.2. The fourth-order valence-electron chi connectivity index (χ4n) is 1.64. The molecule has 17 heavy (non-hydrogen) atoms. The Morgan fingerprint density at radius 2 is 2.12 bits per heavy atom. The average molecular weight is 239 g/mol. The highest BCUT2D eigenvalue weighted by molar-refractivity contribution is 4.97. The van der Waals surface area contributed by atoms with Crippen LogP contribution in [0.4, 0.5) is 0 Å². The molecule has 0 saturated heterocycles. The number of imidazole rings is 1. The lowest BCUT2D eigenvalue weighted by molar-refractivity contribution is 0.128. The summed E-state index contributed by atoms with van der Waals surface area (Å²) in [6, 6.07) is 0. The number of nitrogens with zero attached hydrogens (tertiary/aromatic N) is 2. The van der Waals surface area contributed by atoms with E-state index in [4.69, 9.17) is 4.74 Å². The van der Waals surface area contributed by atoms with Crippen LogP contribution < -0.4 is 5.32 Å². The van der Waals surface area contributed by atoms with E-state index >= 15 is 0 Å². The minimum absolute atomic E-state index is 0.861. The molecule has 0 aliphatic carbocycles. The van der Waals surface area contributed by atoms with E-state index in [1.807, 2.05) is 12.5 Å². The Hall–Kier alpha value is -0.870. The average Bonchev–Trinajstić information content (AvgIpc) is 2.80. The predicted octanol–water partition coefficient (Wildman–Crippen LogP) is 2.20. The third-order valence-electron chi connectivity index (χ3n) is 2.73. The summed E-state index contributed by atoms with van der Waals surface area (Å²) >= 11 is 0. The van der Waals surface area contributed by atoms with Crippen LogP contribution in [0.5, 0.6) is 0 Å². The largest absolute Gasteiger partial charge is 0.381 e. The van der Waals surface area contributed by atoms with Gasteiger partial charge in [0.25, 0.3) is 0 Å². The van der Waals surface area contributed by atoms with E-state index in [9.17, 15) is 0 Å². The van der Waals surface area contributed by atoms with Crippen molar-refractivity contribution in [3.63, 3.8) is 0 Å². The van der Waals surface area contributed by atoms with Gasteiger partial charge in [0, 0.05) is 32.5 Å². The van der Waals surface area contributed by atoms with Crippen molar-refractivity contribution in [2.24, 2.45) is 0 Å². The monoisotopic (exact) mass is 239 g/mol. The number of rotatable bonds is 10. The van der Waals surface area contributed by atoms with Gasteiger partial charge < -0.3 is 14.6 Å². The third-order valence-corrected chi connectivity index (χ3v) is 2.73. The lowest BCUT2D eigenvalue weighted by Crippen LogP contribution is -2.18. The highest BCUT2D eigenvalue weighted by Crippen LogP contribution is 1.98. The van der Waals surface area contributed by atoms with Crippen LogP contribution in [0.15, 0.2) is 12.5 Å². The molecule has 1 N–H and O–H groups in total. The molecule has 98 valence electrons. The summed E-state index contributed by atoms with van der Waals surface area (Å²) in [5.41, 5.74) is 1.25. The Morgan fingerprint density at radius 3 is 2.88 bits per heavy atom. The van der Waals surface area contributed by atoms with Crippen molar-refractivity contribution in [3.8, 4) is 0 Å². The van der Waals surface area contributed by atoms with Crippen LogP contribution in [0.3, 0.4) is 0 Å². The van der Waals surface area contributed by atoms with Gasteiger partial charge in [-0.1, -0.05) is 13.3 Å². The van der Waals surface area contributed by atoms with Crippen LogP contribution in [-0.4, -0.2) is 29.3 Å². The number of hydrogen-bond donors (Lipinski definition) is 1. The zero-order valence-electron chi connectivity index (χ0n) is 11.1. The molecular weight excluding hydrogens is 214 g/mol. The minimum atomic E-state index is 0.861. The Morgan fingerprint density at radius 1 is 1.29 bits per heavy atom. The highest BCUT2D eigenvalue weighted by Gasteiger charge is 1.98. The number of hydrogen-bond acceptors (Lipinski definition) is 3. The molecule has 1 rings (SSSR count). The Kier molecular flexibility index (Phi) is 7.67. The molecule has 0 radical (unpaired) electrons. The van der Waals surface area contributed by atoms with Gasteiger partial charge in [-0.05, 0) is 26.3 Å². The molecule has 0 saturated carbocycles. The van der Waals surface area contributed by atoms with Crippen LogP contribution in [0.1, 0.15) is 38.8 Å². The Labute approximate surface area is 104 Å². The quantitative estimate of drug-likeness (QED) is 0.636. The van der Waals surface area contributed by atoms with E-state index in [1.165, 1.54) is 18.5 Å². The van der Waals surface area contributed by atoms with E-state index in [0.717, 1.165) is 39.3 Å². The molecule has 0 spiro atoms. The maximum Gasteiger partial charge on any atom is 0.0948 e. The van der Waals surface area contributed by atoms with Crippen molar-refractivity contribution in [2.45, 2.75) is 46.2 Å². The van der Waals surface area contributed by atoms with Crippen LogP contribution in [0.2, 0.25) is 0 Å². The summed E-state index contributed by atoms with van der Waals surface area (Å²) < 4.78 is 7.66. The first-order chi connectivity index (χ1) is 8.38. The van der Waals surface area contributed by atoms with Gasteiger partial charge in [-0.2, -0.15) is 0 Å². The van der Waals surface area contributed by atoms with Gasteiger partial charge >= 0.3 is 0 Å². The lowest BCUT2D eigenvalue weighted by Gasteiger charge is -2.07. The maximum absolute atomic E-state index is 5.50. The second-order valence-electron chi connectivity index (χ2n) is 4.17. The first-order valence-corrected chi connectivity index (χ1v) is 6.66. The van der Waals surface area contributed by atoms with Crippen LogP contribution in [0.25, 0.3) is 0 Å². The fraction of sp³-hybridized carbons (Fsp3) is 0.769. The molecule has 4 nitrogen and oxygen atoms in total. The maximum atomic E-state index is 5.50. The van der Waals surface area contributed by atoms with Gasteiger partial charge in [0.15, 0.2) is 0 Å². The molecule has 0 bridgehead atoms. The topological polar surface area (TPSA) is 39.1 Å². The van der Waals surface area contributed by atoms with Crippen molar-refractivity contribution >= 4 is 0 Å². The molecule has 1 heterocycles. The SMILES string of the molecule is CCCCOCCCNCc1cncn1CC. The van der Waals surface area contributed by atoms with Gasteiger partial charge in [-0.15, -0.1) is 0 Å². The molecule has 0 aromatic carbocycles. The summed E-state index contributed by atoms with van der Waals surface area (Å²) in [5, 5.41) is 3.41. The van der Waals surface area contributed by atoms with Crippen molar-refractivity contribution in [1.29, 1.82) is 0 Å². The molecule has 0 atom stereocenters. The van der Waals surface area contributed by atoms with Crippen LogP contribution >= 0.6 is 0 Å². The number of ether oxygens (including phenoxy) is 1. The van der Waals surface area contributed by atoms with E-state index < -0.39 is 0 Å². The standard InChI is InChI=1S/C13H25N3O/c1-3-5-8-17-9-6-7-14-10-13-11-15-12-16(13)4-2/h11-12,14H,3-10H2,1-2H3. The summed E-state index contributed by atoms with van der Waals surface area (Å²) in [6.07, 6.45) is 7.26. The van der Waals surface area contributed by atoms with E-state index in [1.54, 1.807) is 0 Å². The zero-order valence-corrected chi connectivity index (χ0v) is 11.1. The second kappa shape index (κ2) is 9.19. The normalized spacial score (nSPS) is 10.9. The van der Waals surface area contributed by atoms with Gasteiger partial charge in [0.1, 0.15) is 0 Å². The summed E-state index contributed by atoms with van der Waals surface area (Å²) in [4.78, 5) is 4.14. The number of nitrogens with one attached hydrogen (secondary N) is 1. The second-order valence-corrected chi connectivity index (χ2v) is 4.17. The van der Waals surface area contributed by atoms with Crippen LogP contribution in [0, 0.1) is 0 Å². The molecule has 1 aromatic rings. The Balaban J connectivity index is 1.97. The van der Waals surface area contributed by atoms with Gasteiger partial charge in [0.2, 0.25) is 0 Å². The summed E-state index contributed by atoms with van der Waals surface area (Å²) in [6.45, 7) is 8.95. The third kappa shape index (κ3) is 5.84. The predicted molar refractivity (Wildman–Crippen MR) is 70.0 cm³/mol. The van der Waals surface area contributed by atoms with Crippen LogP contribution in [-0.2, 0) is 17.8 Å². The number of unbranched alkanes of at least 4 members (excludes halogenated alkanes) is 1. The molecule has 0 unspecified atom stereocenters. The molecule has 0 fully saturated rings. The number of aromatic nitrogens is 2. The van der Waals surface area contributed by atoms with Crippen molar-refractivity contribution in [2.75, 3.05) is 19.8 Å². The fourth-order valence-corrected chi connectivity index (χ4v) is 1.64. The van der Waals surface area contributed by atoms with Crippen molar-refractivity contribution in [1.82, 2.24) is 14.9 Å². The van der Waals surface area contributed by atoms with E-state index in [2.05, 4.69) is 28.7 Å². The molecule has 1 aromatic heterocycles. The van der Waals surface area contributed by atoms with Gasteiger partial charge in [0.05, 0.1) is 12.0 Å². The van der Waals surface area contributed by atoms with Crippen molar-refractivity contribution in [3.05, 3.63) is 18.2 Å². The molecule has 0 aliphatic rings. The molecular formula is C13H25N3O. The zero-order chi connectivity index (χ0) is 12.3. The molecule has 0 amide bonds. The molecule has 4 heteroatoms. The summed E-state index contributed by atoms with van der Waals surface area (Å²) in [7, 11) is 0. The Bertz CT molecular complexity index is 286. The van der Waals surface area contributed by atoms with E-state index in [0.29, 0.717) is 0 Å². The summed E-state index contributed by atoms with van der Waals surface area (Å²) in [5.74, 6) is 0. The van der Waals surface area contributed by atoms with Crippen molar-refractivity contribution < 1.29 is 4.74 Å². The first-order valence-electron chi connectivity index (χ1n) is 6.66. The van der Waals surface area contributed by atoms with Gasteiger partial charge in [-0.25, -0.2) is 4.98 Å². The number of aryl methyl sites for hydroxylation is 1.